The van der Waals surface area contributed by atoms with Crippen LogP contribution in [0.4, 0.5) is 0 Å². The Morgan fingerprint density at radius 2 is 2.00 bits per heavy atom. The molecule has 1 aromatic carbocycles. The molecule has 6 heteroatoms. The Kier molecular flexibility index (Phi) is 5.25. The molecule has 1 unspecified atom stereocenters. The lowest BCUT2D eigenvalue weighted by molar-refractivity contribution is 0.566. The number of hydrogen-bond donors (Lipinski definition) is 1. The van der Waals surface area contributed by atoms with Gasteiger partial charge in [-0.15, -0.1) is 0 Å². The largest absolute Gasteiger partial charge is 0.314 e. The average Bonchev–Trinajstić information content (AvgIpc) is 2.21. The summed E-state index contributed by atoms with van der Waals surface area (Å²) >= 11 is 11.7. The molecular weight excluding hydrogens is 281 g/mol. The maximum Gasteiger partial charge on any atom is 0.181 e. The number of halogens is 2. The first-order chi connectivity index (χ1) is 7.86. The monoisotopic (exact) mass is 295 g/mol. The van der Waals surface area contributed by atoms with Gasteiger partial charge in [0.25, 0.3) is 0 Å². The fourth-order valence-electron chi connectivity index (χ4n) is 1.54. The Labute approximate surface area is 112 Å². The van der Waals surface area contributed by atoms with E-state index in [1.807, 2.05) is 13.8 Å². The first kappa shape index (κ1) is 14.8. The zero-order valence-corrected chi connectivity index (χ0v) is 12.0. The summed E-state index contributed by atoms with van der Waals surface area (Å²) in [5.74, 6) is 0.000895. The fraction of sp³-hybridized carbons (Fsp3) is 0.455. The lowest BCUT2D eigenvalue weighted by Crippen LogP contribution is -2.32. The standard InChI is InChI=1S/C11H15Cl2NO2S/c1-3-14-8(2)7-17(15,16)11-6-9(12)4-5-10(11)13/h4-6,8,14H,3,7H2,1-2H3. The summed E-state index contributed by atoms with van der Waals surface area (Å²) < 4.78 is 24.2. The van der Waals surface area contributed by atoms with Crippen molar-refractivity contribution in [1.29, 1.82) is 0 Å². The van der Waals surface area contributed by atoms with Gasteiger partial charge in [0.2, 0.25) is 0 Å². The van der Waals surface area contributed by atoms with Crippen molar-refractivity contribution >= 4 is 33.0 Å². The molecule has 17 heavy (non-hydrogen) atoms. The van der Waals surface area contributed by atoms with Crippen molar-refractivity contribution in [2.75, 3.05) is 12.3 Å². The molecule has 0 aliphatic heterocycles. The van der Waals surface area contributed by atoms with E-state index in [2.05, 4.69) is 5.32 Å². The third-order valence-electron chi connectivity index (χ3n) is 2.25. The highest BCUT2D eigenvalue weighted by molar-refractivity contribution is 7.91. The van der Waals surface area contributed by atoms with Crippen molar-refractivity contribution in [2.45, 2.75) is 24.8 Å². The van der Waals surface area contributed by atoms with Gasteiger partial charge >= 0.3 is 0 Å². The molecule has 0 bridgehead atoms. The number of sulfone groups is 1. The minimum atomic E-state index is -3.41. The summed E-state index contributed by atoms with van der Waals surface area (Å²) in [4.78, 5) is 0.0939. The van der Waals surface area contributed by atoms with Gasteiger partial charge in [-0.25, -0.2) is 8.42 Å². The van der Waals surface area contributed by atoms with Gasteiger partial charge in [-0.2, -0.15) is 0 Å². The van der Waals surface area contributed by atoms with Crippen LogP contribution < -0.4 is 5.32 Å². The van der Waals surface area contributed by atoms with Crippen LogP contribution in [-0.2, 0) is 9.84 Å². The van der Waals surface area contributed by atoms with Crippen LogP contribution >= 0.6 is 23.2 Å². The van der Waals surface area contributed by atoms with E-state index >= 15 is 0 Å². The second kappa shape index (κ2) is 6.05. The lowest BCUT2D eigenvalue weighted by atomic mass is 10.4. The van der Waals surface area contributed by atoms with Crippen molar-refractivity contribution in [3.8, 4) is 0 Å². The van der Waals surface area contributed by atoms with Crippen LogP contribution in [0.2, 0.25) is 10.0 Å². The van der Waals surface area contributed by atoms with E-state index in [9.17, 15) is 8.42 Å². The highest BCUT2D eigenvalue weighted by atomic mass is 35.5. The second-order valence-corrected chi connectivity index (χ2v) is 6.66. The quantitative estimate of drug-likeness (QED) is 0.909. The highest BCUT2D eigenvalue weighted by Gasteiger charge is 2.21. The van der Waals surface area contributed by atoms with E-state index in [0.29, 0.717) is 5.02 Å². The molecule has 0 saturated carbocycles. The summed E-state index contributed by atoms with van der Waals surface area (Å²) in [5, 5.41) is 3.62. The Bertz CT molecular complexity index is 488. The van der Waals surface area contributed by atoms with Gasteiger partial charge < -0.3 is 5.32 Å². The lowest BCUT2D eigenvalue weighted by Gasteiger charge is -2.13. The van der Waals surface area contributed by atoms with E-state index in [1.54, 1.807) is 6.07 Å². The predicted octanol–water partition coefficient (Wildman–Crippen LogP) is 2.77. The van der Waals surface area contributed by atoms with Gasteiger partial charge in [0, 0.05) is 11.1 Å². The van der Waals surface area contributed by atoms with Gasteiger partial charge in [-0.3, -0.25) is 0 Å². The van der Waals surface area contributed by atoms with Crippen molar-refractivity contribution in [3.05, 3.63) is 28.2 Å². The SMILES string of the molecule is CCNC(C)CS(=O)(=O)c1cc(Cl)ccc1Cl. The number of rotatable bonds is 5. The summed E-state index contributed by atoms with van der Waals surface area (Å²) in [6.45, 7) is 4.47. The molecule has 1 atom stereocenters. The summed E-state index contributed by atoms with van der Waals surface area (Å²) in [5.41, 5.74) is 0. The minimum Gasteiger partial charge on any atom is -0.314 e. The molecule has 0 saturated heterocycles. The van der Waals surface area contributed by atoms with Crippen LogP contribution in [0.15, 0.2) is 23.1 Å². The Morgan fingerprint density at radius 3 is 2.59 bits per heavy atom. The molecule has 3 nitrogen and oxygen atoms in total. The third kappa shape index (κ3) is 4.14. The molecule has 0 aliphatic rings. The Morgan fingerprint density at radius 1 is 1.35 bits per heavy atom. The van der Waals surface area contributed by atoms with Crippen molar-refractivity contribution < 1.29 is 8.42 Å². The smallest absolute Gasteiger partial charge is 0.181 e. The van der Waals surface area contributed by atoms with E-state index in [1.165, 1.54) is 12.1 Å². The summed E-state index contributed by atoms with van der Waals surface area (Å²) in [6, 6.07) is 4.32. The molecular formula is C11H15Cl2NO2S. The maximum atomic E-state index is 12.1. The molecule has 1 aromatic rings. The molecule has 1 rings (SSSR count). The zero-order valence-electron chi connectivity index (χ0n) is 9.70. The second-order valence-electron chi connectivity index (χ2n) is 3.81. The van der Waals surface area contributed by atoms with Crippen LogP contribution in [0.5, 0.6) is 0 Å². The molecule has 0 aromatic heterocycles. The summed E-state index contributed by atoms with van der Waals surface area (Å²) in [7, 11) is -3.41. The number of benzene rings is 1. The molecule has 96 valence electrons. The van der Waals surface area contributed by atoms with Crippen molar-refractivity contribution in [2.24, 2.45) is 0 Å². The fourth-order valence-corrected chi connectivity index (χ4v) is 3.88. The van der Waals surface area contributed by atoms with E-state index in [0.717, 1.165) is 6.54 Å². The average molecular weight is 296 g/mol. The molecule has 0 spiro atoms. The normalized spacial score (nSPS) is 13.6. The highest BCUT2D eigenvalue weighted by Crippen LogP contribution is 2.26. The molecule has 0 amide bonds. The van der Waals surface area contributed by atoms with Gasteiger partial charge in [0.1, 0.15) is 0 Å². The molecule has 0 heterocycles. The van der Waals surface area contributed by atoms with E-state index < -0.39 is 9.84 Å². The van der Waals surface area contributed by atoms with Crippen LogP contribution in [0, 0.1) is 0 Å². The topological polar surface area (TPSA) is 46.2 Å². The van der Waals surface area contributed by atoms with Gasteiger partial charge in [0.15, 0.2) is 9.84 Å². The minimum absolute atomic E-state index is 0.000895. The zero-order chi connectivity index (χ0) is 13.1. The first-order valence-electron chi connectivity index (χ1n) is 5.28. The first-order valence-corrected chi connectivity index (χ1v) is 7.69. The van der Waals surface area contributed by atoms with Crippen molar-refractivity contribution in [1.82, 2.24) is 5.32 Å². The van der Waals surface area contributed by atoms with Crippen molar-refractivity contribution in [3.63, 3.8) is 0 Å². The molecule has 0 fully saturated rings. The summed E-state index contributed by atoms with van der Waals surface area (Å²) in [6.07, 6.45) is 0. The molecule has 0 aliphatic carbocycles. The maximum absolute atomic E-state index is 12.1. The van der Waals surface area contributed by atoms with Gasteiger partial charge in [-0.1, -0.05) is 30.1 Å². The van der Waals surface area contributed by atoms with E-state index in [-0.39, 0.29) is 21.7 Å². The van der Waals surface area contributed by atoms with Crippen LogP contribution in [0.1, 0.15) is 13.8 Å². The molecule has 0 radical (unpaired) electrons. The third-order valence-corrected chi connectivity index (χ3v) is 4.87. The molecule has 1 N–H and O–H groups in total. The predicted molar refractivity (Wildman–Crippen MR) is 71.7 cm³/mol. The number of hydrogen-bond acceptors (Lipinski definition) is 3. The van der Waals surface area contributed by atoms with Gasteiger partial charge in [-0.05, 0) is 31.7 Å². The number of nitrogens with one attached hydrogen (secondary N) is 1. The van der Waals surface area contributed by atoms with Gasteiger partial charge in [0.05, 0.1) is 15.7 Å². The Balaban J connectivity index is 3.01. The van der Waals surface area contributed by atoms with Crippen LogP contribution in [0.25, 0.3) is 0 Å². The van der Waals surface area contributed by atoms with Crippen LogP contribution in [0.3, 0.4) is 0 Å². The van der Waals surface area contributed by atoms with E-state index in [4.69, 9.17) is 23.2 Å². The Hall–Kier alpha value is -0.290. The van der Waals surface area contributed by atoms with Crippen LogP contribution in [-0.4, -0.2) is 26.8 Å².